The lowest BCUT2D eigenvalue weighted by Crippen LogP contribution is -2.29. The van der Waals surface area contributed by atoms with Crippen LogP contribution in [-0.4, -0.2) is 15.5 Å². The summed E-state index contributed by atoms with van der Waals surface area (Å²) in [5, 5.41) is 0. The minimum Gasteiger partial charge on any atom is -0.268 e. The van der Waals surface area contributed by atoms with E-state index >= 15 is 4.79 Å². The minimum absolute atomic E-state index is 0.137. The van der Waals surface area contributed by atoms with Gasteiger partial charge in [-0.25, -0.2) is 4.98 Å². The van der Waals surface area contributed by atoms with Gasteiger partial charge in [0.25, 0.3) is 5.91 Å². The third-order valence-corrected chi connectivity index (χ3v) is 12.9. The van der Waals surface area contributed by atoms with E-state index in [0.29, 0.717) is 17.8 Å². The van der Waals surface area contributed by atoms with Gasteiger partial charge < -0.3 is 0 Å². The molecule has 1 aromatic heterocycles. The fourth-order valence-corrected chi connectivity index (χ4v) is 10.5. The minimum atomic E-state index is -0.795. The first kappa shape index (κ1) is 37.1. The van der Waals surface area contributed by atoms with Crippen LogP contribution in [0.25, 0.3) is 44.8 Å². The Morgan fingerprint density at radius 2 is 0.694 bits per heavy atom. The van der Waals surface area contributed by atoms with Crippen molar-refractivity contribution in [3.05, 3.63) is 282 Å². The second-order valence-corrected chi connectivity index (χ2v) is 16.2. The van der Waals surface area contributed by atoms with Gasteiger partial charge >= 0.3 is 0 Å². The number of allylic oxidation sites excluding steroid dienone is 4. The van der Waals surface area contributed by atoms with Crippen molar-refractivity contribution in [1.29, 1.82) is 0 Å². The van der Waals surface area contributed by atoms with E-state index < -0.39 is 10.8 Å². The lowest BCUT2D eigenvalue weighted by molar-refractivity contribution is 0.0960. The molecule has 1 heterocycles. The molecule has 2 atom stereocenters. The average molecular weight is 795 g/mol. The predicted octanol–water partition coefficient (Wildman–Crippen LogP) is 13.7. The van der Waals surface area contributed by atoms with Gasteiger partial charge in [0, 0.05) is 27.7 Å². The van der Waals surface area contributed by atoms with E-state index in [9.17, 15) is 0 Å². The highest BCUT2D eigenvalue weighted by atomic mass is 16.2. The van der Waals surface area contributed by atoms with Crippen LogP contribution in [0.3, 0.4) is 0 Å². The molecule has 0 radical (unpaired) electrons. The van der Waals surface area contributed by atoms with Crippen molar-refractivity contribution in [1.82, 2.24) is 9.55 Å². The first-order valence-electron chi connectivity index (χ1n) is 21.3. The maximum atomic E-state index is 15.8. The molecule has 0 aliphatic heterocycles. The van der Waals surface area contributed by atoms with Gasteiger partial charge in [0.2, 0.25) is 0 Å². The van der Waals surface area contributed by atoms with Crippen LogP contribution in [0.4, 0.5) is 0 Å². The first-order valence-corrected chi connectivity index (χ1v) is 21.3. The highest BCUT2D eigenvalue weighted by Crippen LogP contribution is 2.76. The van der Waals surface area contributed by atoms with Crippen LogP contribution in [0.15, 0.2) is 243 Å². The summed E-state index contributed by atoms with van der Waals surface area (Å²) >= 11 is 0. The molecule has 3 heteroatoms. The summed E-state index contributed by atoms with van der Waals surface area (Å²) in [4.78, 5) is 21.7. The van der Waals surface area contributed by atoms with Crippen molar-refractivity contribution in [3.63, 3.8) is 0 Å². The number of carbonyl (C=O) groups excluding carboxylic acids is 1. The molecule has 0 saturated heterocycles. The van der Waals surface area contributed by atoms with Crippen molar-refractivity contribution in [2.24, 2.45) is 0 Å². The molecular weight excluding hydrogens is 753 g/mol. The Balaban J connectivity index is 1.40. The third-order valence-electron chi connectivity index (χ3n) is 12.9. The van der Waals surface area contributed by atoms with Gasteiger partial charge in [0.1, 0.15) is 5.82 Å². The fraction of sp³-hybridized carbons (Fsp3) is 0.0508. The molecule has 0 fully saturated rings. The maximum absolute atomic E-state index is 15.8. The van der Waals surface area contributed by atoms with Crippen molar-refractivity contribution < 1.29 is 4.79 Å². The van der Waals surface area contributed by atoms with Crippen molar-refractivity contribution in [2.75, 3.05) is 0 Å². The van der Waals surface area contributed by atoms with Crippen LogP contribution >= 0.6 is 0 Å². The summed E-state index contributed by atoms with van der Waals surface area (Å²) in [7, 11) is 0. The highest BCUT2D eigenvalue weighted by Gasteiger charge is 2.66. The van der Waals surface area contributed by atoms with E-state index in [-0.39, 0.29) is 5.91 Å². The van der Waals surface area contributed by atoms with E-state index in [4.69, 9.17) is 4.98 Å². The second kappa shape index (κ2) is 15.3. The fourth-order valence-electron chi connectivity index (χ4n) is 10.5. The van der Waals surface area contributed by atoms with E-state index in [0.717, 1.165) is 50.4 Å². The van der Waals surface area contributed by atoms with E-state index in [1.54, 1.807) is 0 Å². The van der Waals surface area contributed by atoms with Crippen molar-refractivity contribution >= 4 is 28.2 Å². The zero-order chi connectivity index (χ0) is 41.5. The third kappa shape index (κ3) is 5.73. The molecule has 294 valence electrons. The number of rotatable bonds is 9. The Hall–Kier alpha value is -7.88. The van der Waals surface area contributed by atoms with Gasteiger partial charge in [-0.3, -0.25) is 9.36 Å². The summed E-state index contributed by atoms with van der Waals surface area (Å²) in [6.45, 7) is 0. The zero-order valence-electron chi connectivity index (χ0n) is 34.1. The smallest absolute Gasteiger partial charge is 0.264 e. The Labute approximate surface area is 362 Å². The monoisotopic (exact) mass is 794 g/mol. The summed E-state index contributed by atoms with van der Waals surface area (Å²) in [5.41, 5.74) is 12.9. The van der Waals surface area contributed by atoms with E-state index in [1.807, 2.05) is 71.3 Å². The van der Waals surface area contributed by atoms with Crippen LogP contribution in [0.1, 0.15) is 50.4 Å². The average Bonchev–Trinajstić information content (AvgIpc) is 4.02. The Morgan fingerprint density at radius 3 is 1.11 bits per heavy atom. The van der Waals surface area contributed by atoms with Gasteiger partial charge in [-0.15, -0.1) is 0 Å². The number of aromatic nitrogens is 2. The molecule has 8 aromatic carbocycles. The molecule has 0 amide bonds. The molecule has 0 spiro atoms. The van der Waals surface area contributed by atoms with Crippen LogP contribution in [0, 0.1) is 0 Å². The Kier molecular flexibility index (Phi) is 9.17. The predicted molar refractivity (Wildman–Crippen MR) is 253 cm³/mol. The summed E-state index contributed by atoms with van der Waals surface area (Å²) in [6, 6.07) is 85.0. The largest absolute Gasteiger partial charge is 0.268 e. The lowest BCUT2D eigenvalue weighted by atomic mass is 9.63. The van der Waals surface area contributed by atoms with Crippen LogP contribution in [-0.2, 0) is 10.8 Å². The number of fused-ring (bicyclic) bond motifs is 2. The van der Waals surface area contributed by atoms with E-state index in [1.165, 1.54) is 22.3 Å². The molecule has 3 nitrogen and oxygen atoms in total. The molecule has 9 aromatic rings. The number of nitrogens with zero attached hydrogens (tertiary/aromatic N) is 2. The van der Waals surface area contributed by atoms with Crippen molar-refractivity contribution in [3.8, 4) is 22.5 Å². The van der Waals surface area contributed by atoms with Crippen molar-refractivity contribution in [2.45, 2.75) is 17.3 Å². The van der Waals surface area contributed by atoms with Gasteiger partial charge in [0.05, 0.1) is 16.8 Å². The normalized spacial score (nSPS) is 18.0. The second-order valence-electron chi connectivity index (χ2n) is 16.2. The topological polar surface area (TPSA) is 34.9 Å². The van der Waals surface area contributed by atoms with Gasteiger partial charge in [-0.1, -0.05) is 231 Å². The number of hydrogen-bond acceptors (Lipinski definition) is 2. The van der Waals surface area contributed by atoms with Crippen LogP contribution < -0.4 is 0 Å². The summed E-state index contributed by atoms with van der Waals surface area (Å²) < 4.78 is 1.94. The highest BCUT2D eigenvalue weighted by molar-refractivity contribution is 6.24. The lowest BCUT2D eigenvalue weighted by Gasteiger charge is -2.39. The Morgan fingerprint density at radius 1 is 0.371 bits per heavy atom. The maximum Gasteiger partial charge on any atom is 0.264 e. The zero-order valence-corrected chi connectivity index (χ0v) is 34.1. The number of imidazole rings is 1. The van der Waals surface area contributed by atoms with Gasteiger partial charge in [-0.05, 0) is 63.1 Å². The quantitative estimate of drug-likeness (QED) is 0.146. The number of benzene rings is 8. The molecule has 0 N–H and O–H groups in total. The summed E-state index contributed by atoms with van der Waals surface area (Å²) in [6.07, 6.45) is 0.690. The molecule has 2 bridgehead atoms. The molecule has 0 unspecified atom stereocenters. The van der Waals surface area contributed by atoms with E-state index in [2.05, 4.69) is 176 Å². The SMILES string of the molecule is O=C(c1ccccc1)n1c(C2=C(c3ccccc3)[C@@]3(c4ccccc4)C[C@]2(c2ccccc2)C(c2ccccc2)=C3c2ccccc2)nc(-c2ccccc2)c1-c1ccccc1. The molecule has 2 aliphatic rings. The molecule has 2 aliphatic carbocycles. The van der Waals surface area contributed by atoms with Crippen LogP contribution in [0.5, 0.6) is 0 Å². The molecule has 62 heavy (non-hydrogen) atoms. The Bertz CT molecular complexity index is 3110. The molecule has 11 rings (SSSR count). The number of carbonyl (C=O) groups is 1. The summed E-state index contributed by atoms with van der Waals surface area (Å²) in [5.74, 6) is 0.500. The molecular formula is C59H42N2O. The number of hydrogen-bond donors (Lipinski definition) is 0. The van der Waals surface area contributed by atoms with Crippen LogP contribution in [0.2, 0.25) is 0 Å². The van der Waals surface area contributed by atoms with Gasteiger partial charge in [-0.2, -0.15) is 0 Å². The first-order chi connectivity index (χ1) is 30.7. The standard InChI is InChI=1S/C59H42N2O/c62-57(47-35-19-6-20-36-47)61-55(46-33-17-5-18-34-46)54(45-31-15-4-16-32-45)60-56(61)53-52(44-29-13-3-14-30-44)58(48-37-21-7-22-38-48)41-59(53,49-39-23-8-24-40-49)51(43-27-11-2-12-28-43)50(58)42-25-9-1-10-26-42/h1-40H,41H2/t58-,59+/m1/s1. The van der Waals surface area contributed by atoms with Gasteiger partial charge in [0.15, 0.2) is 0 Å². The molecule has 0 saturated carbocycles.